The van der Waals surface area contributed by atoms with Crippen LogP contribution in [-0.2, 0) is 40.6 Å². The predicted molar refractivity (Wildman–Crippen MR) is 111 cm³/mol. The van der Waals surface area contributed by atoms with Crippen LogP contribution >= 0.6 is 0 Å². The highest BCUT2D eigenvalue weighted by molar-refractivity contribution is 7.91. The lowest BCUT2D eigenvalue weighted by atomic mass is 10.2. The van der Waals surface area contributed by atoms with E-state index in [1.165, 1.54) is 0 Å². The Kier molecular flexibility index (Phi) is 7.48. The van der Waals surface area contributed by atoms with E-state index >= 15 is 0 Å². The Bertz CT molecular complexity index is 884. The highest BCUT2D eigenvalue weighted by Crippen LogP contribution is 2.21. The van der Waals surface area contributed by atoms with Gasteiger partial charge in [-0.3, -0.25) is 10.00 Å². The molecule has 1 atom stereocenters. The van der Waals surface area contributed by atoms with Crippen LogP contribution < -0.4 is 0 Å². The van der Waals surface area contributed by atoms with E-state index in [0.717, 1.165) is 49.4 Å². The quantitative estimate of drug-likeness (QED) is 0.597. The van der Waals surface area contributed by atoms with E-state index in [1.54, 1.807) is 6.20 Å². The van der Waals surface area contributed by atoms with Gasteiger partial charge in [0.15, 0.2) is 0 Å². The summed E-state index contributed by atoms with van der Waals surface area (Å²) >= 11 is 0. The van der Waals surface area contributed by atoms with Crippen molar-refractivity contribution >= 4 is 9.84 Å². The molecule has 0 radical (unpaired) electrons. The number of sulfone groups is 1. The lowest BCUT2D eigenvalue weighted by molar-refractivity contribution is 0.0934. The second-order valence-electron chi connectivity index (χ2n) is 7.90. The average molecular weight is 424 g/mol. The van der Waals surface area contributed by atoms with Crippen LogP contribution in [0.5, 0.6) is 0 Å². The van der Waals surface area contributed by atoms with E-state index < -0.39 is 9.84 Å². The van der Waals surface area contributed by atoms with Crippen molar-refractivity contribution in [2.24, 2.45) is 0 Å². The molecule has 8 nitrogen and oxygen atoms in total. The Morgan fingerprint density at radius 2 is 2.14 bits per heavy atom. The number of hydrogen-bond donors (Lipinski definition) is 1. The largest absolute Gasteiger partial charge is 0.376 e. The average Bonchev–Trinajstić information content (AvgIpc) is 3.39. The Labute approximate surface area is 173 Å². The molecule has 1 N–H and O–H groups in total. The third kappa shape index (κ3) is 5.67. The predicted octanol–water partition coefficient (Wildman–Crippen LogP) is 2.55. The zero-order valence-electron chi connectivity index (χ0n) is 17.7. The zero-order valence-corrected chi connectivity index (χ0v) is 18.5. The van der Waals surface area contributed by atoms with Crippen molar-refractivity contribution in [2.45, 2.75) is 76.8 Å². The van der Waals surface area contributed by atoms with Gasteiger partial charge in [0.1, 0.15) is 0 Å². The van der Waals surface area contributed by atoms with Crippen molar-refractivity contribution in [3.8, 4) is 0 Å². The summed E-state index contributed by atoms with van der Waals surface area (Å²) in [6, 6.07) is 2.10. The fraction of sp³-hybridized carbons (Fsp3) is 0.700. The third-order valence-electron chi connectivity index (χ3n) is 5.13. The second-order valence-corrected chi connectivity index (χ2v) is 9.91. The number of imidazole rings is 1. The molecule has 162 valence electrons. The molecule has 3 rings (SSSR count). The summed E-state index contributed by atoms with van der Waals surface area (Å²) in [4.78, 5) is 6.45. The van der Waals surface area contributed by atoms with E-state index in [9.17, 15) is 8.42 Å². The van der Waals surface area contributed by atoms with Gasteiger partial charge in [0.25, 0.3) is 0 Å². The molecule has 1 aliphatic heterocycles. The Morgan fingerprint density at radius 1 is 1.31 bits per heavy atom. The molecule has 0 aliphatic carbocycles. The fourth-order valence-electron chi connectivity index (χ4n) is 3.81. The second kappa shape index (κ2) is 9.86. The lowest BCUT2D eigenvalue weighted by Gasteiger charge is -2.20. The highest BCUT2D eigenvalue weighted by Gasteiger charge is 2.26. The smallest absolute Gasteiger partial charge is 0.227 e. The van der Waals surface area contributed by atoms with Crippen molar-refractivity contribution in [3.05, 3.63) is 29.3 Å². The van der Waals surface area contributed by atoms with Crippen molar-refractivity contribution in [3.63, 3.8) is 0 Å². The number of rotatable bonds is 11. The highest BCUT2D eigenvalue weighted by atomic mass is 32.2. The first-order valence-corrected chi connectivity index (χ1v) is 12.2. The van der Waals surface area contributed by atoms with Gasteiger partial charge in [0.2, 0.25) is 15.0 Å². The van der Waals surface area contributed by atoms with Gasteiger partial charge in [-0.2, -0.15) is 5.10 Å². The number of H-pyrrole nitrogens is 1. The van der Waals surface area contributed by atoms with Crippen molar-refractivity contribution in [1.29, 1.82) is 0 Å². The molecule has 1 unspecified atom stereocenters. The van der Waals surface area contributed by atoms with Gasteiger partial charge in [-0.1, -0.05) is 20.3 Å². The van der Waals surface area contributed by atoms with E-state index in [4.69, 9.17) is 4.74 Å². The molecule has 1 fully saturated rings. The van der Waals surface area contributed by atoms with Gasteiger partial charge in [-0.25, -0.2) is 13.4 Å². The summed E-state index contributed by atoms with van der Waals surface area (Å²) < 4.78 is 33.1. The molecular formula is C20H33N5O3S. The van der Waals surface area contributed by atoms with Gasteiger partial charge in [-0.05, 0) is 38.8 Å². The Hall–Kier alpha value is -1.71. The maximum Gasteiger partial charge on any atom is 0.227 e. The SMILES string of the molecule is CCCc1cc(CN(C)Cc2cnc(S(=O)(=O)CCC)n2CC2CCCO2)[nH]n1. The van der Waals surface area contributed by atoms with Gasteiger partial charge < -0.3 is 9.30 Å². The molecule has 0 saturated carbocycles. The van der Waals surface area contributed by atoms with Crippen molar-refractivity contribution in [1.82, 2.24) is 24.6 Å². The summed E-state index contributed by atoms with van der Waals surface area (Å²) in [7, 11) is -1.38. The van der Waals surface area contributed by atoms with Gasteiger partial charge >= 0.3 is 0 Å². The first-order valence-electron chi connectivity index (χ1n) is 10.5. The molecule has 3 heterocycles. The molecule has 0 bridgehead atoms. The molecule has 9 heteroatoms. The standard InChI is InChI=1S/C20H33N5O3S/c1-4-7-16-11-17(23-22-16)13-24(3)14-18-12-21-20(29(26,27)10-5-2)25(18)15-19-8-6-9-28-19/h11-12,19H,4-10,13-15H2,1-3H3,(H,22,23). The Balaban J connectivity index is 1.76. The zero-order chi connectivity index (χ0) is 20.9. The normalized spacial score (nSPS) is 17.4. The van der Waals surface area contributed by atoms with Crippen LogP contribution in [0.25, 0.3) is 0 Å². The van der Waals surface area contributed by atoms with E-state index in [2.05, 4.69) is 33.1 Å². The fourth-order valence-corrected chi connectivity index (χ4v) is 5.27. The molecule has 1 saturated heterocycles. The number of nitrogens with one attached hydrogen (secondary N) is 1. The van der Waals surface area contributed by atoms with E-state index in [1.807, 2.05) is 18.5 Å². The van der Waals surface area contributed by atoms with Crippen LogP contribution in [-0.4, -0.2) is 58.6 Å². The monoisotopic (exact) mass is 423 g/mol. The van der Waals surface area contributed by atoms with Gasteiger partial charge in [-0.15, -0.1) is 0 Å². The molecule has 1 aliphatic rings. The minimum Gasteiger partial charge on any atom is -0.376 e. The summed E-state index contributed by atoms with van der Waals surface area (Å²) in [5, 5.41) is 7.61. The minimum atomic E-state index is -3.40. The van der Waals surface area contributed by atoms with Crippen LogP contribution in [0.15, 0.2) is 17.4 Å². The maximum absolute atomic E-state index is 12.7. The summed E-state index contributed by atoms with van der Waals surface area (Å²) in [6.45, 7) is 6.59. The summed E-state index contributed by atoms with van der Waals surface area (Å²) in [5.41, 5.74) is 3.03. The number of nitrogens with zero attached hydrogens (tertiary/aromatic N) is 4. The molecule has 2 aromatic rings. The van der Waals surface area contributed by atoms with Crippen molar-refractivity contribution in [2.75, 3.05) is 19.4 Å². The van der Waals surface area contributed by atoms with Crippen molar-refractivity contribution < 1.29 is 13.2 Å². The molecule has 0 amide bonds. The number of aromatic nitrogens is 4. The number of hydrogen-bond acceptors (Lipinski definition) is 6. The van der Waals surface area contributed by atoms with Gasteiger partial charge in [0.05, 0.1) is 36.0 Å². The lowest BCUT2D eigenvalue weighted by Crippen LogP contribution is -2.25. The van der Waals surface area contributed by atoms with Gasteiger partial charge in [0, 0.05) is 25.4 Å². The first-order chi connectivity index (χ1) is 13.9. The van der Waals surface area contributed by atoms with Crippen LogP contribution in [0.4, 0.5) is 0 Å². The maximum atomic E-state index is 12.7. The van der Waals surface area contributed by atoms with E-state index in [-0.39, 0.29) is 17.0 Å². The summed E-state index contributed by atoms with van der Waals surface area (Å²) in [5.74, 6) is 0.110. The molecule has 2 aromatic heterocycles. The molecule has 0 spiro atoms. The van der Waals surface area contributed by atoms with Crippen LogP contribution in [0.2, 0.25) is 0 Å². The summed E-state index contributed by atoms with van der Waals surface area (Å²) in [6.07, 6.45) is 6.33. The van der Waals surface area contributed by atoms with Crippen LogP contribution in [0, 0.1) is 0 Å². The molecule has 29 heavy (non-hydrogen) atoms. The van der Waals surface area contributed by atoms with Crippen LogP contribution in [0.3, 0.4) is 0 Å². The molecular weight excluding hydrogens is 390 g/mol. The molecule has 0 aromatic carbocycles. The minimum absolute atomic E-state index is 0.0491. The first kappa shape index (κ1) is 22.0. The van der Waals surface area contributed by atoms with E-state index in [0.29, 0.717) is 26.1 Å². The van der Waals surface area contributed by atoms with Crippen LogP contribution in [0.1, 0.15) is 56.6 Å². The number of aryl methyl sites for hydroxylation is 1. The Morgan fingerprint density at radius 3 is 2.83 bits per heavy atom. The third-order valence-corrected chi connectivity index (χ3v) is 6.95. The topological polar surface area (TPSA) is 93.1 Å². The number of aromatic amines is 1. The number of ether oxygens (including phenoxy) is 1.